The summed E-state index contributed by atoms with van der Waals surface area (Å²) in [5, 5.41) is 0. The SMILES string of the molecule is C/C=C/CCC1CCC(C2CCC(C3CCC(c4ccc(OCCC)c(F)c4F)CC3)CC2)CC1. The second-order valence-electron chi connectivity index (χ2n) is 11.8. The van der Waals surface area contributed by atoms with Crippen LogP contribution in [0, 0.1) is 41.2 Å². The Labute approximate surface area is 213 Å². The van der Waals surface area contributed by atoms with E-state index in [9.17, 15) is 8.78 Å². The number of benzene rings is 1. The minimum absolute atomic E-state index is 0.0562. The Morgan fingerprint density at radius 1 is 0.771 bits per heavy atom. The minimum Gasteiger partial charge on any atom is -0.490 e. The molecular weight excluding hydrogens is 438 g/mol. The van der Waals surface area contributed by atoms with Gasteiger partial charge < -0.3 is 4.74 Å². The number of hydrogen-bond donors (Lipinski definition) is 0. The van der Waals surface area contributed by atoms with Crippen LogP contribution in [0.25, 0.3) is 0 Å². The lowest BCUT2D eigenvalue weighted by Gasteiger charge is -2.41. The number of rotatable bonds is 9. The van der Waals surface area contributed by atoms with Crippen LogP contribution in [0.2, 0.25) is 0 Å². The third-order valence-electron chi connectivity index (χ3n) is 9.77. The summed E-state index contributed by atoms with van der Waals surface area (Å²) in [7, 11) is 0. The lowest BCUT2D eigenvalue weighted by molar-refractivity contribution is 0.109. The molecule has 3 heteroatoms. The first-order valence-corrected chi connectivity index (χ1v) is 14.8. The van der Waals surface area contributed by atoms with E-state index in [0.717, 1.165) is 48.9 Å². The molecule has 35 heavy (non-hydrogen) atoms. The van der Waals surface area contributed by atoms with Crippen LogP contribution in [0.3, 0.4) is 0 Å². The number of ether oxygens (including phenoxy) is 1. The zero-order chi connectivity index (χ0) is 24.6. The summed E-state index contributed by atoms with van der Waals surface area (Å²) in [5.74, 6) is 3.28. The fourth-order valence-corrected chi connectivity index (χ4v) is 7.62. The van der Waals surface area contributed by atoms with Gasteiger partial charge in [-0.2, -0.15) is 4.39 Å². The smallest absolute Gasteiger partial charge is 0.200 e. The standard InChI is InChI=1S/C32H48F2O/c1-3-5-6-7-23-8-10-24(11-9-23)25-12-14-26(15-13-25)27-16-18-28(19-17-27)29-20-21-30(35-22-4-2)32(34)31(29)33/h3,5,20-21,23-28H,4,6-19,22H2,1-2H3/b5-3+. The monoisotopic (exact) mass is 486 g/mol. The van der Waals surface area contributed by atoms with Gasteiger partial charge in [-0.05, 0) is 138 Å². The Hall–Kier alpha value is -1.38. The molecule has 0 spiro atoms. The Bertz CT molecular complexity index is 794. The van der Waals surface area contributed by atoms with Crippen LogP contribution >= 0.6 is 0 Å². The summed E-state index contributed by atoms with van der Waals surface area (Å²) >= 11 is 0. The predicted octanol–water partition coefficient (Wildman–Crippen LogP) is 10.00. The van der Waals surface area contributed by atoms with Crippen molar-refractivity contribution in [1.82, 2.24) is 0 Å². The van der Waals surface area contributed by atoms with Gasteiger partial charge in [-0.1, -0.05) is 38.0 Å². The van der Waals surface area contributed by atoms with Crippen LogP contribution in [0.5, 0.6) is 5.75 Å². The van der Waals surface area contributed by atoms with E-state index in [1.54, 1.807) is 12.1 Å². The third kappa shape index (κ3) is 6.89. The summed E-state index contributed by atoms with van der Waals surface area (Å²) in [4.78, 5) is 0. The average molecular weight is 487 g/mol. The van der Waals surface area contributed by atoms with E-state index in [2.05, 4.69) is 19.1 Å². The second kappa shape index (κ2) is 13.2. The first-order valence-electron chi connectivity index (χ1n) is 14.8. The summed E-state index contributed by atoms with van der Waals surface area (Å²) < 4.78 is 34.6. The van der Waals surface area contributed by atoms with Crippen molar-refractivity contribution in [2.24, 2.45) is 29.6 Å². The van der Waals surface area contributed by atoms with Crippen molar-refractivity contribution >= 4 is 0 Å². The molecule has 0 bridgehead atoms. The number of allylic oxidation sites excluding steroid dienone is 2. The zero-order valence-electron chi connectivity index (χ0n) is 22.3. The fraction of sp³-hybridized carbons (Fsp3) is 0.750. The van der Waals surface area contributed by atoms with Gasteiger partial charge in [0.05, 0.1) is 6.61 Å². The van der Waals surface area contributed by atoms with Gasteiger partial charge in [0.1, 0.15) is 0 Å². The summed E-state index contributed by atoms with van der Waals surface area (Å²) in [6, 6.07) is 3.40. The van der Waals surface area contributed by atoms with E-state index in [1.807, 2.05) is 6.92 Å². The molecule has 1 aromatic rings. The summed E-state index contributed by atoms with van der Waals surface area (Å²) in [5.41, 5.74) is 0.565. The highest BCUT2D eigenvalue weighted by molar-refractivity contribution is 5.33. The Balaban J connectivity index is 1.20. The molecule has 0 unspecified atom stereocenters. The van der Waals surface area contributed by atoms with Crippen LogP contribution in [0.1, 0.15) is 122 Å². The fourth-order valence-electron chi connectivity index (χ4n) is 7.62. The highest BCUT2D eigenvalue weighted by Gasteiger charge is 2.35. The lowest BCUT2D eigenvalue weighted by atomic mass is 9.64. The molecule has 196 valence electrons. The molecule has 0 aromatic heterocycles. The molecule has 0 aliphatic heterocycles. The first-order chi connectivity index (χ1) is 17.1. The van der Waals surface area contributed by atoms with E-state index in [0.29, 0.717) is 12.2 Å². The molecule has 1 aromatic carbocycles. The molecule has 0 radical (unpaired) electrons. The molecule has 0 atom stereocenters. The van der Waals surface area contributed by atoms with Gasteiger partial charge in [0.15, 0.2) is 11.6 Å². The van der Waals surface area contributed by atoms with Gasteiger partial charge in [-0.3, -0.25) is 0 Å². The van der Waals surface area contributed by atoms with Gasteiger partial charge >= 0.3 is 0 Å². The summed E-state index contributed by atoms with van der Waals surface area (Å²) in [6.45, 7) is 4.51. The van der Waals surface area contributed by atoms with Crippen molar-refractivity contribution in [3.8, 4) is 5.75 Å². The normalized spacial score (nSPS) is 32.1. The van der Waals surface area contributed by atoms with Gasteiger partial charge in [0.2, 0.25) is 5.82 Å². The summed E-state index contributed by atoms with van der Waals surface area (Å²) in [6.07, 6.45) is 23.8. The van der Waals surface area contributed by atoms with Gasteiger partial charge in [0, 0.05) is 0 Å². The van der Waals surface area contributed by atoms with Crippen LogP contribution in [0.4, 0.5) is 8.78 Å². The van der Waals surface area contributed by atoms with E-state index in [1.165, 1.54) is 77.0 Å². The highest BCUT2D eigenvalue weighted by atomic mass is 19.2. The predicted molar refractivity (Wildman–Crippen MR) is 142 cm³/mol. The third-order valence-corrected chi connectivity index (χ3v) is 9.77. The Morgan fingerprint density at radius 3 is 1.86 bits per heavy atom. The maximum atomic E-state index is 14.8. The highest BCUT2D eigenvalue weighted by Crippen LogP contribution is 2.48. The molecule has 0 N–H and O–H groups in total. The van der Waals surface area contributed by atoms with E-state index in [-0.39, 0.29) is 11.7 Å². The maximum absolute atomic E-state index is 14.8. The second-order valence-corrected chi connectivity index (χ2v) is 11.8. The van der Waals surface area contributed by atoms with Crippen LogP contribution < -0.4 is 4.74 Å². The first kappa shape index (κ1) is 26.7. The molecule has 3 fully saturated rings. The van der Waals surface area contributed by atoms with Crippen molar-refractivity contribution in [2.45, 2.75) is 116 Å². The van der Waals surface area contributed by atoms with Crippen molar-refractivity contribution in [1.29, 1.82) is 0 Å². The molecule has 3 saturated carbocycles. The molecule has 1 nitrogen and oxygen atoms in total. The Morgan fingerprint density at radius 2 is 1.31 bits per heavy atom. The molecule has 3 aliphatic rings. The van der Waals surface area contributed by atoms with E-state index in [4.69, 9.17) is 4.74 Å². The van der Waals surface area contributed by atoms with Crippen LogP contribution in [0.15, 0.2) is 24.3 Å². The average Bonchev–Trinajstić information content (AvgIpc) is 2.90. The van der Waals surface area contributed by atoms with Crippen molar-refractivity contribution in [2.75, 3.05) is 6.61 Å². The van der Waals surface area contributed by atoms with Crippen molar-refractivity contribution < 1.29 is 13.5 Å². The van der Waals surface area contributed by atoms with Crippen molar-refractivity contribution in [3.05, 3.63) is 41.5 Å². The van der Waals surface area contributed by atoms with E-state index >= 15 is 0 Å². The maximum Gasteiger partial charge on any atom is 0.200 e. The van der Waals surface area contributed by atoms with Crippen LogP contribution in [-0.4, -0.2) is 6.61 Å². The number of halogens is 2. The zero-order valence-corrected chi connectivity index (χ0v) is 22.3. The Kier molecular flexibility index (Phi) is 10.1. The molecule has 0 amide bonds. The van der Waals surface area contributed by atoms with Crippen LogP contribution in [-0.2, 0) is 0 Å². The van der Waals surface area contributed by atoms with Gasteiger partial charge in [0.25, 0.3) is 0 Å². The van der Waals surface area contributed by atoms with Gasteiger partial charge in [-0.25, -0.2) is 4.39 Å². The molecular formula is C32H48F2O. The van der Waals surface area contributed by atoms with Crippen molar-refractivity contribution in [3.63, 3.8) is 0 Å². The molecule has 0 saturated heterocycles. The van der Waals surface area contributed by atoms with E-state index < -0.39 is 11.6 Å². The number of hydrogen-bond acceptors (Lipinski definition) is 1. The lowest BCUT2D eigenvalue weighted by Crippen LogP contribution is -2.29. The topological polar surface area (TPSA) is 9.23 Å². The molecule has 3 aliphatic carbocycles. The molecule has 0 heterocycles. The quantitative estimate of drug-likeness (QED) is 0.315. The van der Waals surface area contributed by atoms with Gasteiger partial charge in [-0.15, -0.1) is 0 Å². The minimum atomic E-state index is -0.803. The largest absolute Gasteiger partial charge is 0.490 e. The molecule has 4 rings (SSSR count).